The Labute approximate surface area is 170 Å². The van der Waals surface area contributed by atoms with Crippen LogP contribution in [0.5, 0.6) is 0 Å². The molecule has 1 amide bonds. The molecule has 1 atom stereocenters. The minimum absolute atomic E-state index is 0.113. The zero-order chi connectivity index (χ0) is 19.4. The highest BCUT2D eigenvalue weighted by Crippen LogP contribution is 2.35. The lowest BCUT2D eigenvalue weighted by Crippen LogP contribution is -2.36. The molecular formula is C19H16Cl2N4O3. The Kier molecular flexibility index (Phi) is 4.19. The Hall–Kier alpha value is -2.35. The Bertz CT molecular complexity index is 1090. The zero-order valence-electron chi connectivity index (χ0n) is 14.7. The molecule has 0 bridgehead atoms. The molecular weight excluding hydrogens is 403 g/mol. The molecule has 0 aliphatic carbocycles. The van der Waals surface area contributed by atoms with Gasteiger partial charge in [-0.2, -0.15) is 5.10 Å². The number of hydrogen-bond acceptors (Lipinski definition) is 5. The van der Waals surface area contributed by atoms with Crippen LogP contribution in [0.1, 0.15) is 27.2 Å². The Balaban J connectivity index is 1.52. The fraction of sp³-hybridized carbons (Fsp3) is 0.316. The first-order valence-electron chi connectivity index (χ1n) is 8.96. The van der Waals surface area contributed by atoms with Crippen LogP contribution >= 0.6 is 23.2 Å². The van der Waals surface area contributed by atoms with Crippen molar-refractivity contribution in [2.24, 2.45) is 0 Å². The number of aliphatic hydroxyl groups is 1. The maximum Gasteiger partial charge on any atom is 0.254 e. The summed E-state index contributed by atoms with van der Waals surface area (Å²) in [5.74, 6) is -0.113. The number of aliphatic hydroxyl groups excluding tert-OH is 1. The number of rotatable bonds is 1. The fourth-order valence-electron chi connectivity index (χ4n) is 3.92. The maximum atomic E-state index is 13.0. The minimum atomic E-state index is -0.560. The number of carbonyl (C=O) groups is 1. The topological polar surface area (TPSA) is 84.4 Å². The molecule has 1 unspecified atom stereocenters. The molecule has 0 saturated carbocycles. The highest BCUT2D eigenvalue weighted by atomic mass is 35.5. The average Bonchev–Trinajstić information content (AvgIpc) is 3.23. The largest absolute Gasteiger partial charge is 0.391 e. The number of carbonyl (C=O) groups excluding carboxylic acids is 1. The van der Waals surface area contributed by atoms with Crippen LogP contribution in [-0.4, -0.2) is 43.5 Å². The molecule has 4 heterocycles. The number of fused-ring (bicyclic) bond motifs is 5. The van der Waals surface area contributed by atoms with Gasteiger partial charge in [-0.15, -0.1) is 0 Å². The van der Waals surface area contributed by atoms with Gasteiger partial charge in [0.1, 0.15) is 12.0 Å². The lowest BCUT2D eigenvalue weighted by molar-refractivity contribution is 0.0734. The van der Waals surface area contributed by atoms with Gasteiger partial charge in [0.25, 0.3) is 5.91 Å². The molecule has 28 heavy (non-hydrogen) atoms. The van der Waals surface area contributed by atoms with Crippen molar-refractivity contribution in [3.8, 4) is 11.4 Å². The van der Waals surface area contributed by atoms with Gasteiger partial charge in [0.05, 0.1) is 40.6 Å². The number of aromatic nitrogens is 3. The van der Waals surface area contributed by atoms with E-state index in [1.54, 1.807) is 34.0 Å². The fourth-order valence-corrected chi connectivity index (χ4v) is 4.22. The Morgan fingerprint density at radius 1 is 1.29 bits per heavy atom. The smallest absolute Gasteiger partial charge is 0.254 e. The normalized spacial score (nSPS) is 18.2. The van der Waals surface area contributed by atoms with Crippen molar-refractivity contribution in [2.45, 2.75) is 32.0 Å². The van der Waals surface area contributed by atoms with Gasteiger partial charge in [0.2, 0.25) is 0 Å². The van der Waals surface area contributed by atoms with Gasteiger partial charge in [-0.3, -0.25) is 9.48 Å². The van der Waals surface area contributed by atoms with Crippen molar-refractivity contribution in [1.82, 2.24) is 19.8 Å². The van der Waals surface area contributed by atoms with E-state index in [0.717, 1.165) is 22.5 Å². The quantitative estimate of drug-likeness (QED) is 0.656. The van der Waals surface area contributed by atoms with E-state index in [0.29, 0.717) is 53.8 Å². The molecule has 1 aromatic carbocycles. The van der Waals surface area contributed by atoms with Crippen LogP contribution < -0.4 is 0 Å². The summed E-state index contributed by atoms with van der Waals surface area (Å²) in [6.45, 7) is 1.35. The van der Waals surface area contributed by atoms with E-state index >= 15 is 0 Å². The molecule has 2 aromatic heterocycles. The van der Waals surface area contributed by atoms with E-state index in [-0.39, 0.29) is 5.91 Å². The molecule has 9 heteroatoms. The maximum absolute atomic E-state index is 13.0. The van der Waals surface area contributed by atoms with E-state index in [1.165, 1.54) is 0 Å². The summed E-state index contributed by atoms with van der Waals surface area (Å²) in [6.07, 6.45) is 2.10. The zero-order valence-corrected chi connectivity index (χ0v) is 16.2. The van der Waals surface area contributed by atoms with Gasteiger partial charge in [-0.05, 0) is 18.2 Å². The van der Waals surface area contributed by atoms with E-state index in [4.69, 9.17) is 27.7 Å². The highest BCUT2D eigenvalue weighted by Gasteiger charge is 2.33. The number of halogens is 2. The van der Waals surface area contributed by atoms with Crippen molar-refractivity contribution >= 4 is 29.1 Å². The molecule has 3 aromatic rings. The van der Waals surface area contributed by atoms with Crippen LogP contribution in [-0.2, 0) is 25.9 Å². The summed E-state index contributed by atoms with van der Waals surface area (Å²) in [6, 6.07) is 4.89. The number of nitrogens with zero attached hydrogens (tertiary/aromatic N) is 4. The average molecular weight is 419 g/mol. The molecule has 0 fully saturated rings. The third-order valence-electron chi connectivity index (χ3n) is 5.26. The predicted molar refractivity (Wildman–Crippen MR) is 102 cm³/mol. The van der Waals surface area contributed by atoms with Crippen LogP contribution in [0.4, 0.5) is 0 Å². The van der Waals surface area contributed by atoms with Crippen LogP contribution in [0.15, 0.2) is 29.0 Å². The van der Waals surface area contributed by atoms with Gasteiger partial charge < -0.3 is 14.5 Å². The second-order valence-electron chi connectivity index (χ2n) is 7.11. The number of benzene rings is 1. The first-order valence-corrected chi connectivity index (χ1v) is 9.71. The van der Waals surface area contributed by atoms with Gasteiger partial charge in [-0.25, -0.2) is 0 Å². The molecule has 2 aliphatic heterocycles. The Morgan fingerprint density at radius 3 is 2.96 bits per heavy atom. The van der Waals surface area contributed by atoms with E-state index < -0.39 is 6.10 Å². The molecule has 0 saturated heterocycles. The third kappa shape index (κ3) is 2.82. The van der Waals surface area contributed by atoms with E-state index in [1.807, 2.05) is 0 Å². The van der Waals surface area contributed by atoms with Gasteiger partial charge in [-0.1, -0.05) is 28.4 Å². The summed E-state index contributed by atoms with van der Waals surface area (Å²) in [5.41, 5.74) is 4.73. The summed E-state index contributed by atoms with van der Waals surface area (Å²) in [5, 5.41) is 19.9. The van der Waals surface area contributed by atoms with Gasteiger partial charge in [0, 0.05) is 36.1 Å². The van der Waals surface area contributed by atoms with Crippen molar-refractivity contribution < 1.29 is 14.4 Å². The highest BCUT2D eigenvalue weighted by molar-refractivity contribution is 6.42. The molecule has 5 rings (SSSR count). The number of hydrogen-bond donors (Lipinski definition) is 1. The van der Waals surface area contributed by atoms with Crippen molar-refractivity contribution in [1.29, 1.82) is 0 Å². The standard InChI is InChI=1S/C19H16Cl2N4O3/c20-14-2-1-10(6-15(14)21)19(27)24-4-3-16-13(8-24)18-17-11(9-28-23-17)5-12(26)7-25(18)22-16/h1-2,6,9,12,26H,3-5,7-8H2. The second-order valence-corrected chi connectivity index (χ2v) is 7.92. The predicted octanol–water partition coefficient (Wildman–Crippen LogP) is 2.96. The van der Waals surface area contributed by atoms with Gasteiger partial charge in [0.15, 0.2) is 0 Å². The van der Waals surface area contributed by atoms with Crippen LogP contribution in [0.2, 0.25) is 10.0 Å². The van der Waals surface area contributed by atoms with Gasteiger partial charge >= 0.3 is 0 Å². The lowest BCUT2D eigenvalue weighted by Gasteiger charge is -2.27. The summed E-state index contributed by atoms with van der Waals surface area (Å²) < 4.78 is 6.94. The first kappa shape index (κ1) is 17.7. The Morgan fingerprint density at radius 2 is 2.14 bits per heavy atom. The molecule has 2 aliphatic rings. The summed E-state index contributed by atoms with van der Waals surface area (Å²) in [4.78, 5) is 14.8. The second kappa shape index (κ2) is 6.62. The summed E-state index contributed by atoms with van der Waals surface area (Å²) in [7, 11) is 0. The first-order chi connectivity index (χ1) is 13.5. The number of amides is 1. The van der Waals surface area contributed by atoms with Crippen LogP contribution in [0.25, 0.3) is 11.4 Å². The van der Waals surface area contributed by atoms with E-state index in [2.05, 4.69) is 10.3 Å². The SMILES string of the molecule is O=C(c1ccc(Cl)c(Cl)c1)N1CCc2nn3c(c2C1)-c1nocc1CC(O)C3. The third-order valence-corrected chi connectivity index (χ3v) is 6.00. The van der Waals surface area contributed by atoms with Crippen molar-refractivity contribution in [3.05, 3.63) is 56.9 Å². The van der Waals surface area contributed by atoms with Crippen molar-refractivity contribution in [3.63, 3.8) is 0 Å². The van der Waals surface area contributed by atoms with Crippen LogP contribution in [0.3, 0.4) is 0 Å². The minimum Gasteiger partial charge on any atom is -0.391 e. The molecule has 144 valence electrons. The molecule has 7 nitrogen and oxygen atoms in total. The molecule has 0 radical (unpaired) electrons. The van der Waals surface area contributed by atoms with Crippen LogP contribution in [0, 0.1) is 0 Å². The molecule has 1 N–H and O–H groups in total. The van der Waals surface area contributed by atoms with Crippen molar-refractivity contribution in [2.75, 3.05) is 6.54 Å². The monoisotopic (exact) mass is 418 g/mol. The van der Waals surface area contributed by atoms with E-state index in [9.17, 15) is 9.90 Å². The lowest BCUT2D eigenvalue weighted by atomic mass is 10.0. The molecule has 0 spiro atoms. The summed E-state index contributed by atoms with van der Waals surface area (Å²) >= 11 is 12.0.